The normalized spacial score (nSPS) is 13.0. The molecular weight excluding hydrogens is 336 g/mol. The van der Waals surface area contributed by atoms with Gasteiger partial charge in [0.2, 0.25) is 5.91 Å². The summed E-state index contributed by atoms with van der Waals surface area (Å²) >= 11 is 0. The van der Waals surface area contributed by atoms with Gasteiger partial charge in [-0.1, -0.05) is 25.1 Å². The van der Waals surface area contributed by atoms with Gasteiger partial charge in [0.05, 0.1) is 12.1 Å². The van der Waals surface area contributed by atoms with E-state index in [1.807, 2.05) is 25.1 Å². The van der Waals surface area contributed by atoms with Crippen LogP contribution < -0.4 is 10.6 Å². The maximum absolute atomic E-state index is 12.4. The van der Waals surface area contributed by atoms with Crippen LogP contribution in [-0.2, 0) is 14.3 Å². The zero-order valence-electron chi connectivity index (χ0n) is 15.2. The van der Waals surface area contributed by atoms with Crippen molar-refractivity contribution in [2.75, 3.05) is 13.2 Å². The van der Waals surface area contributed by atoms with Crippen LogP contribution in [0.15, 0.2) is 24.3 Å². The van der Waals surface area contributed by atoms with Crippen LogP contribution in [0.5, 0.6) is 0 Å². The first-order valence-corrected chi connectivity index (χ1v) is 8.59. The Morgan fingerprint density at radius 1 is 1.23 bits per heavy atom. The van der Waals surface area contributed by atoms with Crippen molar-refractivity contribution < 1.29 is 19.1 Å². The molecule has 3 N–H and O–H groups in total. The Labute approximate surface area is 151 Å². The second-order valence-corrected chi connectivity index (χ2v) is 6.17. The van der Waals surface area contributed by atoms with Crippen LogP contribution in [0.2, 0.25) is 0 Å². The van der Waals surface area contributed by atoms with Crippen LogP contribution in [0.1, 0.15) is 37.7 Å². The number of fused-ring (bicyclic) bond motifs is 1. The van der Waals surface area contributed by atoms with E-state index in [9.17, 15) is 14.4 Å². The summed E-state index contributed by atoms with van der Waals surface area (Å²) in [5, 5.41) is 12.9. The molecule has 2 rings (SSSR count). The van der Waals surface area contributed by atoms with E-state index in [1.165, 1.54) is 0 Å². The van der Waals surface area contributed by atoms with Crippen molar-refractivity contribution in [3.05, 3.63) is 30.0 Å². The van der Waals surface area contributed by atoms with Crippen molar-refractivity contribution >= 4 is 28.7 Å². The molecule has 1 heterocycles. The Morgan fingerprint density at radius 3 is 2.69 bits per heavy atom. The highest BCUT2D eigenvalue weighted by Gasteiger charge is 2.20. The minimum absolute atomic E-state index is 0.0591. The number of nitrogens with zero attached hydrogens (tertiary/aromatic N) is 1. The fraction of sp³-hybridized carbons (Fsp3) is 0.444. The number of rotatable bonds is 8. The van der Waals surface area contributed by atoms with Crippen molar-refractivity contribution in [2.24, 2.45) is 5.92 Å². The topological polar surface area (TPSA) is 113 Å². The summed E-state index contributed by atoms with van der Waals surface area (Å²) in [5.41, 5.74) is 0.999. The molecule has 26 heavy (non-hydrogen) atoms. The molecule has 0 aliphatic heterocycles. The number of hydrogen-bond acceptors (Lipinski definition) is 5. The summed E-state index contributed by atoms with van der Waals surface area (Å²) in [6.07, 6.45) is 0.230. The largest absolute Gasteiger partial charge is 0.466 e. The van der Waals surface area contributed by atoms with Crippen LogP contribution >= 0.6 is 0 Å². The van der Waals surface area contributed by atoms with E-state index in [0.29, 0.717) is 18.5 Å². The highest BCUT2D eigenvalue weighted by molar-refractivity contribution is 6.05. The van der Waals surface area contributed by atoms with Crippen molar-refractivity contribution in [3.63, 3.8) is 0 Å². The van der Waals surface area contributed by atoms with Gasteiger partial charge in [-0.05, 0) is 25.8 Å². The number of carbonyl (C=O) groups excluding carboxylic acids is 3. The molecule has 2 atom stereocenters. The van der Waals surface area contributed by atoms with Crippen LogP contribution in [0, 0.1) is 5.92 Å². The molecule has 0 radical (unpaired) electrons. The van der Waals surface area contributed by atoms with Crippen LogP contribution in [0.4, 0.5) is 0 Å². The lowest BCUT2D eigenvalue weighted by molar-refractivity contribution is -0.144. The van der Waals surface area contributed by atoms with E-state index in [2.05, 4.69) is 20.8 Å². The smallest absolute Gasteiger partial charge is 0.306 e. The standard InChI is InChI=1S/C18H24N4O4/c1-4-26-15(23)9-11(2)10-19-17(24)12(3)20-18(25)16-13-7-5-6-8-14(13)21-22-16/h5-8,11-12H,4,9-10H2,1-3H3,(H,19,24)(H,20,25)(H,21,22)/t11-,12-/m1/s1. The van der Waals surface area contributed by atoms with Gasteiger partial charge in [0, 0.05) is 18.4 Å². The first-order chi connectivity index (χ1) is 12.4. The van der Waals surface area contributed by atoms with Crippen LogP contribution in [-0.4, -0.2) is 47.2 Å². The fourth-order valence-electron chi connectivity index (χ4n) is 2.47. The van der Waals surface area contributed by atoms with Gasteiger partial charge in [-0.2, -0.15) is 5.10 Å². The Hall–Kier alpha value is -2.90. The second-order valence-electron chi connectivity index (χ2n) is 6.17. The summed E-state index contributed by atoms with van der Waals surface area (Å²) in [4.78, 5) is 35.9. The number of hydrogen-bond donors (Lipinski definition) is 3. The number of H-pyrrole nitrogens is 1. The van der Waals surface area contributed by atoms with Gasteiger partial charge in [0.15, 0.2) is 5.69 Å². The average molecular weight is 360 g/mol. The summed E-state index contributed by atoms with van der Waals surface area (Å²) in [6, 6.07) is 6.54. The van der Waals surface area contributed by atoms with Gasteiger partial charge in [-0.3, -0.25) is 19.5 Å². The molecule has 8 nitrogen and oxygen atoms in total. The molecule has 0 unspecified atom stereocenters. The number of benzene rings is 1. The number of carbonyl (C=O) groups is 3. The molecule has 0 saturated heterocycles. The molecular formula is C18H24N4O4. The first kappa shape index (κ1) is 19.4. The van der Waals surface area contributed by atoms with Crippen LogP contribution in [0.3, 0.4) is 0 Å². The van der Waals surface area contributed by atoms with Gasteiger partial charge in [0.1, 0.15) is 6.04 Å². The Kier molecular flexibility index (Phi) is 6.71. The van der Waals surface area contributed by atoms with Crippen molar-refractivity contribution in [2.45, 2.75) is 33.2 Å². The maximum Gasteiger partial charge on any atom is 0.306 e. The lowest BCUT2D eigenvalue weighted by Crippen LogP contribution is -2.46. The van der Waals surface area contributed by atoms with E-state index < -0.39 is 11.9 Å². The van der Waals surface area contributed by atoms with Gasteiger partial charge < -0.3 is 15.4 Å². The van der Waals surface area contributed by atoms with Crippen molar-refractivity contribution in [1.82, 2.24) is 20.8 Å². The van der Waals surface area contributed by atoms with E-state index in [0.717, 1.165) is 5.52 Å². The molecule has 0 aliphatic rings. The van der Waals surface area contributed by atoms with E-state index in [4.69, 9.17) is 4.74 Å². The molecule has 8 heteroatoms. The first-order valence-electron chi connectivity index (χ1n) is 8.59. The highest BCUT2D eigenvalue weighted by Crippen LogP contribution is 2.14. The molecule has 0 saturated carbocycles. The minimum atomic E-state index is -0.729. The number of ether oxygens (including phenoxy) is 1. The van der Waals surface area contributed by atoms with Gasteiger partial charge >= 0.3 is 5.97 Å². The number of aromatic amines is 1. The van der Waals surface area contributed by atoms with Gasteiger partial charge in [-0.15, -0.1) is 0 Å². The van der Waals surface area contributed by atoms with Crippen molar-refractivity contribution in [1.29, 1.82) is 0 Å². The van der Waals surface area contributed by atoms with Crippen LogP contribution in [0.25, 0.3) is 10.9 Å². The lowest BCUT2D eigenvalue weighted by atomic mass is 10.1. The number of amides is 2. The Balaban J connectivity index is 1.84. The quantitative estimate of drug-likeness (QED) is 0.616. The van der Waals surface area contributed by atoms with Gasteiger partial charge in [0.25, 0.3) is 5.91 Å². The predicted molar refractivity (Wildman–Crippen MR) is 96.4 cm³/mol. The molecule has 2 aromatic rings. The number of nitrogens with one attached hydrogen (secondary N) is 3. The maximum atomic E-state index is 12.4. The molecule has 1 aromatic heterocycles. The van der Waals surface area contributed by atoms with E-state index >= 15 is 0 Å². The highest BCUT2D eigenvalue weighted by atomic mass is 16.5. The Morgan fingerprint density at radius 2 is 1.96 bits per heavy atom. The lowest BCUT2D eigenvalue weighted by Gasteiger charge is -2.16. The minimum Gasteiger partial charge on any atom is -0.466 e. The average Bonchev–Trinajstić information content (AvgIpc) is 3.03. The predicted octanol–water partition coefficient (Wildman–Crippen LogP) is 1.39. The SMILES string of the molecule is CCOC(=O)C[C@@H](C)CNC(=O)[C@@H](C)NC(=O)c1n[nH]c2ccccc12. The molecule has 140 valence electrons. The second kappa shape index (κ2) is 8.98. The fourth-order valence-corrected chi connectivity index (χ4v) is 2.47. The third kappa shape index (κ3) is 5.05. The summed E-state index contributed by atoms with van der Waals surface area (Å²) in [7, 11) is 0. The molecule has 0 spiro atoms. The Bertz CT molecular complexity index is 786. The zero-order chi connectivity index (χ0) is 19.1. The summed E-state index contributed by atoms with van der Waals surface area (Å²) < 4.78 is 4.88. The third-order valence-corrected chi connectivity index (χ3v) is 3.87. The molecule has 1 aromatic carbocycles. The third-order valence-electron chi connectivity index (χ3n) is 3.87. The number of esters is 1. The monoisotopic (exact) mass is 360 g/mol. The van der Waals surface area contributed by atoms with Gasteiger partial charge in [-0.25, -0.2) is 0 Å². The molecule has 2 amide bonds. The summed E-state index contributed by atoms with van der Waals surface area (Å²) in [6.45, 7) is 5.84. The zero-order valence-corrected chi connectivity index (χ0v) is 15.2. The van der Waals surface area contributed by atoms with E-state index in [-0.39, 0.29) is 29.9 Å². The van der Waals surface area contributed by atoms with Crippen molar-refractivity contribution in [3.8, 4) is 0 Å². The summed E-state index contributed by atoms with van der Waals surface area (Å²) in [5.74, 6) is -1.10. The molecule has 0 aliphatic carbocycles. The number of para-hydroxylation sites is 1. The van der Waals surface area contributed by atoms with E-state index in [1.54, 1.807) is 19.9 Å². The molecule has 0 fully saturated rings. The number of aromatic nitrogens is 2. The molecule has 0 bridgehead atoms.